The maximum absolute atomic E-state index is 10.8. The molecule has 0 aliphatic heterocycles. The van der Waals surface area contributed by atoms with Crippen LogP contribution in [0.25, 0.3) is 11.0 Å². The largest absolute Gasteiger partial charge is 0.274 e. The van der Waals surface area contributed by atoms with E-state index in [0.29, 0.717) is 5.52 Å². The molecule has 0 saturated heterocycles. The molecule has 0 N–H and O–H groups in total. The van der Waals surface area contributed by atoms with E-state index in [1.54, 1.807) is 6.07 Å². The van der Waals surface area contributed by atoms with Crippen LogP contribution in [-0.2, 0) is 0 Å². The van der Waals surface area contributed by atoms with E-state index in [4.69, 9.17) is 11.6 Å². The molecule has 14 heavy (non-hydrogen) atoms. The Morgan fingerprint density at radius 3 is 2.50 bits per heavy atom. The van der Waals surface area contributed by atoms with Crippen molar-refractivity contribution in [1.82, 2.24) is 9.97 Å². The average molecular weight is 229 g/mol. The summed E-state index contributed by atoms with van der Waals surface area (Å²) < 4.78 is 0. The predicted octanol–water partition coefficient (Wildman–Crippen LogP) is 2.43. The number of fused-ring (bicyclic) bond motifs is 1. The summed E-state index contributed by atoms with van der Waals surface area (Å²) >= 11 is 5.26. The van der Waals surface area contributed by atoms with Crippen LogP contribution in [0.4, 0.5) is 0 Å². The number of halogens is 2. The minimum atomic E-state index is -0.585. The van der Waals surface area contributed by atoms with E-state index >= 15 is 0 Å². The molecule has 0 radical (unpaired) electrons. The quantitative estimate of drug-likeness (QED) is 0.705. The van der Waals surface area contributed by atoms with Gasteiger partial charge in [0.05, 0.1) is 17.2 Å². The zero-order valence-corrected chi connectivity index (χ0v) is 8.55. The highest BCUT2D eigenvalue weighted by Crippen LogP contribution is 2.09. The Labute approximate surface area is 91.5 Å². The first-order chi connectivity index (χ1) is 6.27. The second-order valence-electron chi connectivity index (χ2n) is 2.52. The number of hydrogen-bond donors (Lipinski definition) is 0. The third-order valence-electron chi connectivity index (χ3n) is 1.65. The summed E-state index contributed by atoms with van der Waals surface area (Å²) in [4.78, 5) is 18.8. The van der Waals surface area contributed by atoms with E-state index in [1.165, 1.54) is 6.20 Å². The molecule has 1 aromatic heterocycles. The fraction of sp³-hybridized carbons (Fsp3) is 0. The van der Waals surface area contributed by atoms with Gasteiger partial charge in [-0.3, -0.25) is 9.78 Å². The fourth-order valence-electron chi connectivity index (χ4n) is 1.05. The van der Waals surface area contributed by atoms with Gasteiger partial charge in [-0.05, 0) is 23.7 Å². The number of para-hydroxylation sites is 2. The molecule has 0 aliphatic carbocycles. The Morgan fingerprint density at radius 1 is 1.21 bits per heavy atom. The van der Waals surface area contributed by atoms with Crippen molar-refractivity contribution in [3.05, 3.63) is 36.2 Å². The van der Waals surface area contributed by atoms with E-state index in [-0.39, 0.29) is 18.1 Å². The molecule has 72 valence electrons. The molecule has 0 fully saturated rings. The van der Waals surface area contributed by atoms with Crippen LogP contribution >= 0.6 is 24.0 Å². The summed E-state index contributed by atoms with van der Waals surface area (Å²) in [5.41, 5.74) is 1.61. The number of aromatic nitrogens is 2. The molecule has 0 unspecified atom stereocenters. The van der Waals surface area contributed by atoms with Gasteiger partial charge >= 0.3 is 0 Å². The number of nitrogens with zero attached hydrogens (tertiary/aromatic N) is 2. The SMILES string of the molecule is Cl.O=C(Cl)c1cnc2ccccc2n1. The number of rotatable bonds is 1. The van der Waals surface area contributed by atoms with Gasteiger partial charge in [0.1, 0.15) is 5.69 Å². The normalized spacial score (nSPS) is 9.50. The molecule has 0 bridgehead atoms. The predicted molar refractivity (Wildman–Crippen MR) is 57.0 cm³/mol. The summed E-state index contributed by atoms with van der Waals surface area (Å²) in [6.45, 7) is 0. The Morgan fingerprint density at radius 2 is 1.86 bits per heavy atom. The van der Waals surface area contributed by atoms with Gasteiger partial charge in [-0.25, -0.2) is 4.98 Å². The lowest BCUT2D eigenvalue weighted by Crippen LogP contribution is -1.95. The fourth-order valence-corrected chi connectivity index (χ4v) is 1.14. The second-order valence-corrected chi connectivity index (χ2v) is 2.86. The summed E-state index contributed by atoms with van der Waals surface area (Å²) in [6.07, 6.45) is 1.37. The zero-order valence-electron chi connectivity index (χ0n) is 6.98. The molecular weight excluding hydrogens is 223 g/mol. The van der Waals surface area contributed by atoms with Crippen molar-refractivity contribution < 1.29 is 4.79 Å². The molecule has 5 heteroatoms. The van der Waals surface area contributed by atoms with Gasteiger partial charge in [0.2, 0.25) is 0 Å². The van der Waals surface area contributed by atoms with Gasteiger partial charge in [-0.2, -0.15) is 0 Å². The molecule has 3 nitrogen and oxygen atoms in total. The first-order valence-electron chi connectivity index (χ1n) is 3.69. The lowest BCUT2D eigenvalue weighted by molar-refractivity contribution is 0.107. The molecule has 2 rings (SSSR count). The van der Waals surface area contributed by atoms with Gasteiger partial charge in [0, 0.05) is 0 Å². The zero-order chi connectivity index (χ0) is 9.26. The molecule has 0 spiro atoms. The van der Waals surface area contributed by atoms with E-state index < -0.39 is 5.24 Å². The van der Waals surface area contributed by atoms with Crippen LogP contribution in [0.2, 0.25) is 0 Å². The molecule has 1 aromatic carbocycles. The summed E-state index contributed by atoms with van der Waals surface area (Å²) in [7, 11) is 0. The van der Waals surface area contributed by atoms with Crippen molar-refractivity contribution in [3.63, 3.8) is 0 Å². The van der Waals surface area contributed by atoms with Crippen LogP contribution in [0.5, 0.6) is 0 Å². The molecule has 0 saturated carbocycles. The van der Waals surface area contributed by atoms with Crippen molar-refractivity contribution in [1.29, 1.82) is 0 Å². The lowest BCUT2D eigenvalue weighted by atomic mass is 10.3. The third kappa shape index (κ3) is 2.00. The number of carbonyl (C=O) groups excluding carboxylic acids is 1. The molecule has 0 amide bonds. The van der Waals surface area contributed by atoms with E-state index in [0.717, 1.165) is 5.52 Å². The minimum Gasteiger partial charge on any atom is -0.274 e. The smallest absolute Gasteiger partial charge is 0.272 e. The number of hydrogen-bond acceptors (Lipinski definition) is 3. The van der Waals surface area contributed by atoms with Crippen molar-refractivity contribution in [2.45, 2.75) is 0 Å². The van der Waals surface area contributed by atoms with Crippen molar-refractivity contribution in [2.75, 3.05) is 0 Å². The summed E-state index contributed by atoms with van der Waals surface area (Å²) in [5.74, 6) is 0. The van der Waals surface area contributed by atoms with Crippen molar-refractivity contribution in [3.8, 4) is 0 Å². The van der Waals surface area contributed by atoms with Crippen LogP contribution in [-0.4, -0.2) is 15.2 Å². The minimum absolute atomic E-state index is 0. The topological polar surface area (TPSA) is 42.9 Å². The monoisotopic (exact) mass is 228 g/mol. The van der Waals surface area contributed by atoms with E-state index in [2.05, 4.69) is 9.97 Å². The summed E-state index contributed by atoms with van der Waals surface area (Å²) in [5, 5.41) is -0.585. The number of carbonyl (C=O) groups is 1. The van der Waals surface area contributed by atoms with Crippen LogP contribution in [0.1, 0.15) is 10.5 Å². The first kappa shape index (κ1) is 10.9. The van der Waals surface area contributed by atoms with Crippen molar-refractivity contribution >= 4 is 40.3 Å². The molecule has 2 aromatic rings. The second kappa shape index (κ2) is 4.35. The standard InChI is InChI=1S/C9H5ClN2O.ClH/c10-9(13)8-5-11-6-3-1-2-4-7(6)12-8;/h1-5H;1H. The van der Waals surface area contributed by atoms with Crippen LogP contribution in [0.3, 0.4) is 0 Å². The van der Waals surface area contributed by atoms with Gasteiger partial charge in [-0.15, -0.1) is 12.4 Å². The average Bonchev–Trinajstić information content (AvgIpc) is 2.17. The maximum atomic E-state index is 10.8. The Balaban J connectivity index is 0.000000980. The van der Waals surface area contributed by atoms with Gasteiger partial charge in [0.15, 0.2) is 0 Å². The molecule has 0 aliphatic rings. The van der Waals surface area contributed by atoms with E-state index in [9.17, 15) is 4.79 Å². The van der Waals surface area contributed by atoms with Gasteiger partial charge in [-0.1, -0.05) is 12.1 Å². The first-order valence-corrected chi connectivity index (χ1v) is 4.07. The molecule has 0 atom stereocenters. The van der Waals surface area contributed by atoms with Crippen LogP contribution in [0.15, 0.2) is 30.5 Å². The maximum Gasteiger partial charge on any atom is 0.272 e. The molecular formula is C9H6Cl2N2O. The summed E-state index contributed by atoms with van der Waals surface area (Å²) in [6, 6.07) is 7.30. The van der Waals surface area contributed by atoms with Gasteiger partial charge < -0.3 is 0 Å². The van der Waals surface area contributed by atoms with Gasteiger partial charge in [0.25, 0.3) is 5.24 Å². The third-order valence-corrected chi connectivity index (χ3v) is 1.84. The Kier molecular flexibility index (Phi) is 3.38. The van der Waals surface area contributed by atoms with Crippen LogP contribution in [0, 0.1) is 0 Å². The van der Waals surface area contributed by atoms with Crippen molar-refractivity contribution in [2.24, 2.45) is 0 Å². The molecule has 1 heterocycles. The Bertz CT molecular complexity index is 473. The van der Waals surface area contributed by atoms with Crippen LogP contribution < -0.4 is 0 Å². The lowest BCUT2D eigenvalue weighted by Gasteiger charge is -1.96. The highest BCUT2D eigenvalue weighted by Gasteiger charge is 2.04. The number of benzene rings is 1. The van der Waals surface area contributed by atoms with E-state index in [1.807, 2.05) is 18.2 Å². The highest BCUT2D eigenvalue weighted by molar-refractivity contribution is 6.67. The Hall–Kier alpha value is -1.19. The highest BCUT2D eigenvalue weighted by atomic mass is 35.5.